The van der Waals surface area contributed by atoms with Crippen molar-refractivity contribution in [2.24, 2.45) is 23.2 Å². The Bertz CT molecular complexity index is 2230. The standard InChI is InChI=1S/C45H59ClN8O9/c1-7-27-21-45(27,41(57)58)52-39(55)33-19-29(22-54(33)40(56)38(44(4,5)6)51-43(59)63-28-17-25-16-26(25)18-28)62-35-20-31(32-23-61-42(50-32)48-24(2)3)49-37-30(35)8-9-34(36(37)46)60-15-14-53-12-10-47-11-13-53/h7-9,20,23-29,33,38,47H,1,10-19,21-22H2,2-6H3,(H,48,50)(H,51,59)(H,52,55)(H,57,58)/t25-,26+,27-,28?,29-,33+,38-,45-/m1/s1. The number of piperazine rings is 1. The summed E-state index contributed by atoms with van der Waals surface area (Å²) in [4.78, 5) is 68.1. The summed E-state index contributed by atoms with van der Waals surface area (Å²) in [7, 11) is 0. The van der Waals surface area contributed by atoms with Gasteiger partial charge in [0.05, 0.1) is 17.8 Å². The maximum Gasteiger partial charge on any atom is 0.408 e. The Kier molecular flexibility index (Phi) is 12.6. The molecule has 2 saturated heterocycles. The predicted molar refractivity (Wildman–Crippen MR) is 235 cm³/mol. The molecule has 8 atom stereocenters. The van der Waals surface area contributed by atoms with E-state index in [2.05, 4.69) is 37.7 Å². The van der Waals surface area contributed by atoms with Gasteiger partial charge < -0.3 is 49.9 Å². The molecule has 1 aromatic carbocycles. The number of carboxylic acid groups (broad SMARTS) is 1. The molecule has 3 aromatic rings. The summed E-state index contributed by atoms with van der Waals surface area (Å²) in [6, 6.07) is 3.40. The van der Waals surface area contributed by atoms with Crippen LogP contribution in [0.2, 0.25) is 5.02 Å². The highest BCUT2D eigenvalue weighted by molar-refractivity contribution is 6.36. The first-order valence-electron chi connectivity index (χ1n) is 22.1. The Balaban J connectivity index is 1.09. The first kappa shape index (κ1) is 44.5. The lowest BCUT2D eigenvalue weighted by atomic mass is 9.85. The number of amides is 3. The number of carboxylic acids is 1. The van der Waals surface area contributed by atoms with Crippen LogP contribution in [0.5, 0.6) is 11.5 Å². The van der Waals surface area contributed by atoms with Crippen molar-refractivity contribution in [3.8, 4) is 22.9 Å². The molecule has 0 bridgehead atoms. The summed E-state index contributed by atoms with van der Waals surface area (Å²) in [5.41, 5.74) is -1.17. The quantitative estimate of drug-likeness (QED) is 0.119. The number of ether oxygens (including phenoxy) is 3. The first-order chi connectivity index (χ1) is 30.0. The molecule has 8 rings (SSSR count). The first-order valence-corrected chi connectivity index (χ1v) is 22.4. The number of hydrogen-bond donors (Lipinski definition) is 5. The van der Waals surface area contributed by atoms with Crippen molar-refractivity contribution in [2.45, 2.75) is 103 Å². The summed E-state index contributed by atoms with van der Waals surface area (Å²) in [5, 5.41) is 23.1. The number of pyridine rings is 1. The Morgan fingerprint density at radius 2 is 1.81 bits per heavy atom. The number of anilines is 1. The fourth-order valence-electron chi connectivity index (χ4n) is 9.22. The average molecular weight is 891 g/mol. The number of fused-ring (bicyclic) bond motifs is 2. The average Bonchev–Trinajstić information content (AvgIpc) is 3.91. The van der Waals surface area contributed by atoms with Gasteiger partial charge in [0.1, 0.15) is 64.9 Å². The minimum atomic E-state index is -1.54. The third-order valence-electron chi connectivity index (χ3n) is 12.9. The lowest BCUT2D eigenvalue weighted by molar-refractivity contribution is -0.146. The Hall–Kier alpha value is -5.13. The van der Waals surface area contributed by atoms with E-state index in [9.17, 15) is 24.3 Å². The largest absolute Gasteiger partial charge is 0.491 e. The number of hydrogen-bond acceptors (Lipinski definition) is 13. The van der Waals surface area contributed by atoms with Gasteiger partial charge in [0.2, 0.25) is 11.8 Å². The molecule has 5 N–H and O–H groups in total. The summed E-state index contributed by atoms with van der Waals surface area (Å²) < 4.78 is 24.5. The normalized spacial score (nSPS) is 27.1. The van der Waals surface area contributed by atoms with Crippen molar-refractivity contribution in [2.75, 3.05) is 51.2 Å². The van der Waals surface area contributed by atoms with E-state index in [0.717, 1.165) is 52.0 Å². The molecule has 0 radical (unpaired) electrons. The number of nitrogens with zero attached hydrogens (tertiary/aromatic N) is 4. The van der Waals surface area contributed by atoms with Gasteiger partial charge in [-0.1, -0.05) is 38.4 Å². The summed E-state index contributed by atoms with van der Waals surface area (Å²) in [6.45, 7) is 17.9. The summed E-state index contributed by atoms with van der Waals surface area (Å²) in [5.74, 6) is -0.873. The predicted octanol–water partition coefficient (Wildman–Crippen LogP) is 5.08. The molecule has 340 valence electrons. The smallest absolute Gasteiger partial charge is 0.408 e. The molecular weight excluding hydrogens is 832 g/mol. The van der Waals surface area contributed by atoms with Gasteiger partial charge in [0.15, 0.2) is 0 Å². The van der Waals surface area contributed by atoms with Crippen molar-refractivity contribution in [3.63, 3.8) is 0 Å². The van der Waals surface area contributed by atoms with E-state index in [4.69, 9.17) is 35.2 Å². The third-order valence-corrected chi connectivity index (χ3v) is 13.3. The maximum atomic E-state index is 14.8. The van der Waals surface area contributed by atoms with Crippen molar-refractivity contribution < 1.29 is 42.9 Å². The number of benzene rings is 1. The van der Waals surface area contributed by atoms with Crippen molar-refractivity contribution in [1.82, 2.24) is 35.7 Å². The highest BCUT2D eigenvalue weighted by Gasteiger charge is 2.61. The third kappa shape index (κ3) is 9.70. The number of rotatable bonds is 16. The topological polar surface area (TPSA) is 210 Å². The van der Waals surface area contributed by atoms with Crippen LogP contribution in [0, 0.1) is 23.2 Å². The zero-order valence-electron chi connectivity index (χ0n) is 36.6. The number of aliphatic carboxylic acids is 1. The molecule has 5 aliphatic rings. The second kappa shape index (κ2) is 17.8. The van der Waals surface area contributed by atoms with Gasteiger partial charge in [-0.05, 0) is 68.9 Å². The van der Waals surface area contributed by atoms with Crippen molar-refractivity contribution in [1.29, 1.82) is 0 Å². The molecule has 17 nitrogen and oxygen atoms in total. The lowest BCUT2D eigenvalue weighted by Crippen LogP contribution is -2.59. The van der Waals surface area contributed by atoms with E-state index in [1.54, 1.807) is 12.1 Å². The second-order valence-corrected chi connectivity index (χ2v) is 19.4. The molecule has 5 fully saturated rings. The molecule has 3 aliphatic carbocycles. The number of halogens is 1. The molecule has 4 heterocycles. The summed E-state index contributed by atoms with van der Waals surface area (Å²) >= 11 is 7.08. The van der Waals surface area contributed by atoms with E-state index in [-0.39, 0.29) is 36.6 Å². The van der Waals surface area contributed by atoms with Crippen molar-refractivity contribution >= 4 is 52.4 Å². The zero-order valence-corrected chi connectivity index (χ0v) is 37.3. The molecule has 63 heavy (non-hydrogen) atoms. The Morgan fingerprint density at radius 3 is 2.48 bits per heavy atom. The molecule has 3 amide bonds. The minimum Gasteiger partial charge on any atom is -0.491 e. The van der Waals surface area contributed by atoms with Gasteiger partial charge in [0, 0.05) is 62.6 Å². The van der Waals surface area contributed by atoms with Crippen LogP contribution in [0.25, 0.3) is 22.3 Å². The lowest BCUT2D eigenvalue weighted by Gasteiger charge is -2.35. The number of carbonyl (C=O) groups excluding carboxylic acids is 3. The van der Waals surface area contributed by atoms with Gasteiger partial charge in [0.25, 0.3) is 6.01 Å². The molecule has 1 unspecified atom stereocenters. The monoisotopic (exact) mass is 890 g/mol. The number of carbonyl (C=O) groups is 4. The molecule has 2 aliphatic heterocycles. The minimum absolute atomic E-state index is 0.00466. The SMILES string of the molecule is C=C[C@@H]1C[C@]1(NC(=O)[C@@H]1C[C@@H](Oc2cc(-c3coc(NC(C)C)n3)nc3c(Cl)c(OCCN4CCNCC4)ccc23)CN1C(=O)[C@@H](NC(=O)OC1C[C@@H]2C[C@@H]2C1)C(C)(C)C)C(=O)O. The fourth-order valence-corrected chi connectivity index (χ4v) is 9.48. The number of nitrogens with one attached hydrogen (secondary N) is 4. The van der Waals surface area contributed by atoms with Gasteiger partial charge in [-0.2, -0.15) is 4.98 Å². The highest BCUT2D eigenvalue weighted by atomic mass is 35.5. The molecule has 0 spiro atoms. The van der Waals surface area contributed by atoms with Gasteiger partial charge in [-0.3, -0.25) is 14.5 Å². The van der Waals surface area contributed by atoms with Crippen molar-refractivity contribution in [3.05, 3.63) is 42.1 Å². The number of alkyl carbamates (subject to hydrolysis) is 1. The van der Waals surface area contributed by atoms with Crippen LogP contribution < -0.4 is 30.7 Å². The van der Waals surface area contributed by atoms with E-state index < -0.39 is 58.9 Å². The Labute approximate surface area is 372 Å². The van der Waals surface area contributed by atoms with Gasteiger partial charge in [-0.25, -0.2) is 14.6 Å². The van der Waals surface area contributed by atoms with Crippen LogP contribution >= 0.6 is 11.6 Å². The molecule has 3 saturated carbocycles. The van der Waals surface area contributed by atoms with Crippen LogP contribution in [0.4, 0.5) is 10.8 Å². The van der Waals surface area contributed by atoms with E-state index in [0.29, 0.717) is 58.2 Å². The number of aromatic nitrogens is 2. The van der Waals surface area contributed by atoms with E-state index in [1.165, 1.54) is 17.2 Å². The molecule has 18 heteroatoms. The maximum absolute atomic E-state index is 14.8. The fraction of sp³-hybridized carbons (Fsp3) is 0.600. The van der Waals surface area contributed by atoms with Crippen LogP contribution in [0.15, 0.2) is 41.5 Å². The van der Waals surface area contributed by atoms with E-state index in [1.807, 2.05) is 40.7 Å². The Morgan fingerprint density at radius 1 is 1.06 bits per heavy atom. The van der Waals surface area contributed by atoms with Crippen LogP contribution in [0.1, 0.15) is 66.7 Å². The van der Waals surface area contributed by atoms with E-state index >= 15 is 0 Å². The van der Waals surface area contributed by atoms with Crippen LogP contribution in [-0.4, -0.2) is 130 Å². The summed E-state index contributed by atoms with van der Waals surface area (Å²) in [6.07, 6.45) is 4.26. The van der Waals surface area contributed by atoms with Crippen LogP contribution in [0.3, 0.4) is 0 Å². The number of likely N-dealkylation sites (tertiary alicyclic amines) is 1. The van der Waals surface area contributed by atoms with Crippen LogP contribution in [-0.2, 0) is 19.1 Å². The molecular formula is C45H59ClN8O9. The molecule has 2 aromatic heterocycles. The second-order valence-electron chi connectivity index (χ2n) is 19.0. The van der Waals surface area contributed by atoms with Gasteiger partial charge in [-0.15, -0.1) is 6.58 Å². The zero-order chi connectivity index (χ0) is 44.8. The van der Waals surface area contributed by atoms with Gasteiger partial charge >= 0.3 is 12.1 Å². The highest BCUT2D eigenvalue weighted by Crippen LogP contribution is 2.52. The number of oxazole rings is 1.